The van der Waals surface area contributed by atoms with E-state index in [0.717, 1.165) is 5.92 Å². The average molecular weight is 257 g/mol. The van der Waals surface area contributed by atoms with E-state index in [-0.39, 0.29) is 5.41 Å². The second-order valence-electron chi connectivity index (χ2n) is 6.72. The summed E-state index contributed by atoms with van der Waals surface area (Å²) in [7, 11) is 0. The van der Waals surface area contributed by atoms with Crippen molar-refractivity contribution in [2.75, 3.05) is 0 Å². The van der Waals surface area contributed by atoms with Crippen LogP contribution < -0.4 is 5.73 Å². The normalized spacial score (nSPS) is 24.7. The van der Waals surface area contributed by atoms with Gasteiger partial charge in [0.05, 0.1) is 0 Å². The van der Waals surface area contributed by atoms with Gasteiger partial charge in [0.15, 0.2) is 0 Å². The maximum absolute atomic E-state index is 6.73. The van der Waals surface area contributed by atoms with Gasteiger partial charge >= 0.3 is 0 Å². The first kappa shape index (κ1) is 13.2. The lowest BCUT2D eigenvalue weighted by molar-refractivity contribution is 0.294. The molecule has 104 valence electrons. The highest BCUT2D eigenvalue weighted by Gasteiger charge is 2.41. The molecule has 1 aromatic carbocycles. The molecule has 1 heteroatoms. The summed E-state index contributed by atoms with van der Waals surface area (Å²) in [4.78, 5) is 0. The minimum atomic E-state index is 0.282. The third-order valence-electron chi connectivity index (χ3n) is 5.62. The highest BCUT2D eigenvalue weighted by molar-refractivity contribution is 5.29. The Kier molecular flexibility index (Phi) is 3.93. The van der Waals surface area contributed by atoms with Crippen LogP contribution in [0.25, 0.3) is 0 Å². The van der Waals surface area contributed by atoms with Gasteiger partial charge in [-0.2, -0.15) is 0 Å². The van der Waals surface area contributed by atoms with Crippen molar-refractivity contribution in [1.82, 2.24) is 0 Å². The van der Waals surface area contributed by atoms with E-state index in [9.17, 15) is 0 Å². The van der Waals surface area contributed by atoms with Crippen LogP contribution >= 0.6 is 0 Å². The van der Waals surface area contributed by atoms with Crippen LogP contribution in [0.3, 0.4) is 0 Å². The van der Waals surface area contributed by atoms with Gasteiger partial charge in [0, 0.05) is 11.5 Å². The van der Waals surface area contributed by atoms with Crippen LogP contribution in [0.5, 0.6) is 0 Å². The van der Waals surface area contributed by atoms with Gasteiger partial charge in [0.25, 0.3) is 0 Å². The zero-order chi connectivity index (χ0) is 13.1. The Morgan fingerprint density at radius 1 is 1.00 bits per heavy atom. The first-order valence-electron chi connectivity index (χ1n) is 8.12. The molecule has 2 N–H and O–H groups in total. The Balaban J connectivity index is 1.79. The first-order chi connectivity index (χ1) is 9.31. The van der Waals surface area contributed by atoms with Crippen molar-refractivity contribution < 1.29 is 0 Å². The fraction of sp³-hybridized carbons (Fsp3) is 0.667. The van der Waals surface area contributed by atoms with Gasteiger partial charge in [-0.05, 0) is 30.7 Å². The second kappa shape index (κ2) is 5.66. The van der Waals surface area contributed by atoms with Crippen molar-refractivity contribution in [2.24, 2.45) is 11.7 Å². The molecule has 0 radical (unpaired) electrons. The van der Waals surface area contributed by atoms with E-state index >= 15 is 0 Å². The molecule has 0 bridgehead atoms. The Morgan fingerprint density at radius 3 is 2.26 bits per heavy atom. The molecule has 0 aromatic heterocycles. The predicted molar refractivity (Wildman–Crippen MR) is 81.1 cm³/mol. The molecule has 1 aromatic rings. The summed E-state index contributed by atoms with van der Waals surface area (Å²) in [6.45, 7) is 0. The van der Waals surface area contributed by atoms with Gasteiger partial charge in [-0.3, -0.25) is 0 Å². The second-order valence-corrected chi connectivity index (χ2v) is 6.72. The molecule has 3 rings (SSSR count). The van der Waals surface area contributed by atoms with Crippen LogP contribution in [0.4, 0.5) is 0 Å². The molecule has 1 unspecified atom stereocenters. The summed E-state index contributed by atoms with van der Waals surface area (Å²) in [5.74, 6) is 0.899. The van der Waals surface area contributed by atoms with E-state index in [2.05, 4.69) is 30.3 Å². The molecule has 19 heavy (non-hydrogen) atoms. The Hall–Kier alpha value is -0.820. The lowest BCUT2D eigenvalue weighted by atomic mass is 9.70. The molecule has 0 saturated heterocycles. The standard InChI is InChI=1S/C18H27N/c19-17(14-15-8-4-5-9-15)18(12-6-7-13-18)16-10-2-1-3-11-16/h1-3,10-11,15,17H,4-9,12-14,19H2. The minimum absolute atomic E-state index is 0.282. The number of hydrogen-bond acceptors (Lipinski definition) is 1. The molecule has 1 nitrogen and oxygen atoms in total. The highest BCUT2D eigenvalue weighted by Crippen LogP contribution is 2.45. The molecule has 2 aliphatic carbocycles. The van der Waals surface area contributed by atoms with Gasteiger partial charge in [-0.25, -0.2) is 0 Å². The van der Waals surface area contributed by atoms with Crippen molar-refractivity contribution >= 4 is 0 Å². The number of nitrogens with two attached hydrogens (primary N) is 1. The van der Waals surface area contributed by atoms with Crippen molar-refractivity contribution in [3.63, 3.8) is 0 Å². The van der Waals surface area contributed by atoms with Crippen LogP contribution in [-0.4, -0.2) is 6.04 Å². The van der Waals surface area contributed by atoms with Crippen LogP contribution in [0.15, 0.2) is 30.3 Å². The fourth-order valence-electron chi connectivity index (χ4n) is 4.48. The predicted octanol–water partition coefficient (Wildman–Crippen LogP) is 4.41. The maximum atomic E-state index is 6.73. The Morgan fingerprint density at radius 2 is 1.63 bits per heavy atom. The largest absolute Gasteiger partial charge is 0.327 e. The van der Waals surface area contributed by atoms with Gasteiger partial charge in [-0.15, -0.1) is 0 Å². The molecule has 0 aliphatic heterocycles. The zero-order valence-corrected chi connectivity index (χ0v) is 12.0. The summed E-state index contributed by atoms with van der Waals surface area (Å²) in [5, 5.41) is 0. The van der Waals surface area contributed by atoms with E-state index in [1.807, 2.05) is 0 Å². The molecule has 0 spiro atoms. The van der Waals surface area contributed by atoms with Crippen molar-refractivity contribution in [1.29, 1.82) is 0 Å². The summed E-state index contributed by atoms with van der Waals surface area (Å²) in [6, 6.07) is 11.4. The quantitative estimate of drug-likeness (QED) is 0.849. The molecular weight excluding hydrogens is 230 g/mol. The monoisotopic (exact) mass is 257 g/mol. The third kappa shape index (κ3) is 2.58. The van der Waals surface area contributed by atoms with Crippen LogP contribution in [0.1, 0.15) is 63.4 Å². The van der Waals surface area contributed by atoms with Crippen LogP contribution in [0, 0.1) is 5.92 Å². The molecule has 2 fully saturated rings. The summed E-state index contributed by atoms with van der Waals surface area (Å²) in [6.07, 6.45) is 12.2. The fourth-order valence-corrected chi connectivity index (χ4v) is 4.48. The van der Waals surface area contributed by atoms with Gasteiger partial charge < -0.3 is 5.73 Å². The molecule has 0 heterocycles. The lowest BCUT2D eigenvalue weighted by Crippen LogP contribution is -2.44. The SMILES string of the molecule is NC(CC1CCCC1)C1(c2ccccc2)CCCC1. The molecule has 2 aliphatic rings. The smallest absolute Gasteiger partial charge is 0.0139 e. The summed E-state index contributed by atoms with van der Waals surface area (Å²) in [5.41, 5.74) is 8.51. The van der Waals surface area contributed by atoms with Crippen LogP contribution in [-0.2, 0) is 5.41 Å². The van der Waals surface area contributed by atoms with Crippen molar-refractivity contribution in [3.05, 3.63) is 35.9 Å². The molecule has 1 atom stereocenters. The maximum Gasteiger partial charge on any atom is 0.0139 e. The Labute approximate surface area is 117 Å². The summed E-state index contributed by atoms with van der Waals surface area (Å²) < 4.78 is 0. The minimum Gasteiger partial charge on any atom is -0.327 e. The first-order valence-corrected chi connectivity index (χ1v) is 8.12. The molecule has 0 amide bonds. The van der Waals surface area contributed by atoms with Crippen LogP contribution in [0.2, 0.25) is 0 Å². The lowest BCUT2D eigenvalue weighted by Gasteiger charge is -2.37. The number of rotatable bonds is 4. The number of hydrogen-bond donors (Lipinski definition) is 1. The van der Waals surface area contributed by atoms with E-state index in [1.54, 1.807) is 0 Å². The van der Waals surface area contributed by atoms with E-state index < -0.39 is 0 Å². The zero-order valence-electron chi connectivity index (χ0n) is 12.0. The van der Waals surface area contributed by atoms with Crippen molar-refractivity contribution in [3.8, 4) is 0 Å². The Bertz CT molecular complexity index is 385. The topological polar surface area (TPSA) is 26.0 Å². The average Bonchev–Trinajstić information content (AvgIpc) is 3.11. The molecule has 2 saturated carbocycles. The molecular formula is C18H27N. The third-order valence-corrected chi connectivity index (χ3v) is 5.62. The number of benzene rings is 1. The van der Waals surface area contributed by atoms with Crippen molar-refractivity contribution in [2.45, 2.75) is 69.2 Å². The summed E-state index contributed by atoms with van der Waals surface area (Å²) >= 11 is 0. The van der Waals surface area contributed by atoms with E-state index in [4.69, 9.17) is 5.73 Å². The van der Waals surface area contributed by atoms with Gasteiger partial charge in [0.2, 0.25) is 0 Å². The van der Waals surface area contributed by atoms with Gasteiger partial charge in [-0.1, -0.05) is 68.9 Å². The highest BCUT2D eigenvalue weighted by atomic mass is 14.7. The van der Waals surface area contributed by atoms with E-state index in [1.165, 1.54) is 63.4 Å². The van der Waals surface area contributed by atoms with E-state index in [0.29, 0.717) is 6.04 Å². The van der Waals surface area contributed by atoms with Gasteiger partial charge in [0.1, 0.15) is 0 Å².